The van der Waals surface area contributed by atoms with E-state index in [4.69, 9.17) is 11.6 Å². The van der Waals surface area contributed by atoms with Crippen LogP contribution in [0.1, 0.15) is 25.7 Å². The normalized spacial score (nSPS) is 11.2. The number of hydrogen-bond acceptors (Lipinski definition) is 3. The van der Waals surface area contributed by atoms with Crippen molar-refractivity contribution in [2.75, 3.05) is 7.11 Å². The molecule has 0 spiro atoms. The van der Waals surface area contributed by atoms with Crippen LogP contribution in [0.25, 0.3) is 11.0 Å². The molecule has 0 N–H and O–H groups in total. The summed E-state index contributed by atoms with van der Waals surface area (Å²) in [5, 5.41) is 0.643. The standard InChI is InChI=1S/C13H15ClN2O2/c1-8(2)16-11(7-12(17)18-3)15-10-6-4-5-9(14)13(10)16/h4-6,8H,7H2,1-3H3. The Hall–Kier alpha value is -1.55. The number of aromatic nitrogens is 2. The van der Waals surface area contributed by atoms with Gasteiger partial charge in [0.15, 0.2) is 0 Å². The Kier molecular flexibility index (Phi) is 3.57. The summed E-state index contributed by atoms with van der Waals surface area (Å²) in [5.41, 5.74) is 1.67. The van der Waals surface area contributed by atoms with Crippen molar-refractivity contribution < 1.29 is 9.53 Å². The van der Waals surface area contributed by atoms with Crippen LogP contribution in [-0.4, -0.2) is 22.6 Å². The smallest absolute Gasteiger partial charge is 0.313 e. The van der Waals surface area contributed by atoms with Crippen LogP contribution in [0.3, 0.4) is 0 Å². The molecule has 2 rings (SSSR count). The molecule has 0 bridgehead atoms. The van der Waals surface area contributed by atoms with Crippen molar-refractivity contribution >= 4 is 28.6 Å². The highest BCUT2D eigenvalue weighted by Gasteiger charge is 2.17. The summed E-state index contributed by atoms with van der Waals surface area (Å²) in [5.74, 6) is 0.378. The molecule has 0 fully saturated rings. The molecule has 1 aromatic heterocycles. The summed E-state index contributed by atoms with van der Waals surface area (Å²) >= 11 is 6.21. The van der Waals surface area contributed by atoms with Crippen molar-refractivity contribution in [3.8, 4) is 0 Å². The molecule has 96 valence electrons. The van der Waals surface area contributed by atoms with E-state index in [1.165, 1.54) is 7.11 Å². The average Bonchev–Trinajstić information content (AvgIpc) is 2.68. The van der Waals surface area contributed by atoms with E-state index >= 15 is 0 Å². The first kappa shape index (κ1) is 12.9. The molecule has 0 saturated carbocycles. The van der Waals surface area contributed by atoms with Crippen LogP contribution in [0, 0.1) is 0 Å². The number of ether oxygens (including phenoxy) is 1. The lowest BCUT2D eigenvalue weighted by atomic mass is 10.3. The number of hydrogen-bond donors (Lipinski definition) is 0. The quantitative estimate of drug-likeness (QED) is 0.802. The summed E-state index contributed by atoms with van der Waals surface area (Å²) < 4.78 is 6.67. The van der Waals surface area contributed by atoms with E-state index in [1.54, 1.807) is 0 Å². The average molecular weight is 267 g/mol. The highest BCUT2D eigenvalue weighted by atomic mass is 35.5. The fraction of sp³-hybridized carbons (Fsp3) is 0.385. The number of halogens is 1. The molecule has 0 radical (unpaired) electrons. The number of rotatable bonds is 3. The van der Waals surface area contributed by atoms with Gasteiger partial charge < -0.3 is 9.30 Å². The Morgan fingerprint density at radius 3 is 2.83 bits per heavy atom. The van der Waals surface area contributed by atoms with Gasteiger partial charge in [-0.05, 0) is 26.0 Å². The highest BCUT2D eigenvalue weighted by molar-refractivity contribution is 6.35. The number of methoxy groups -OCH3 is 1. The minimum absolute atomic E-state index is 0.152. The predicted octanol–water partition coefficient (Wildman–Crippen LogP) is 2.99. The molecular weight excluding hydrogens is 252 g/mol. The molecule has 0 unspecified atom stereocenters. The molecule has 0 aliphatic carbocycles. The van der Waals surface area contributed by atoms with Gasteiger partial charge in [-0.2, -0.15) is 0 Å². The van der Waals surface area contributed by atoms with Crippen molar-refractivity contribution in [1.29, 1.82) is 0 Å². The summed E-state index contributed by atoms with van der Waals surface area (Å²) in [6.07, 6.45) is 0.152. The monoisotopic (exact) mass is 266 g/mol. The number of nitrogens with zero attached hydrogens (tertiary/aromatic N) is 2. The molecule has 4 nitrogen and oxygen atoms in total. The Morgan fingerprint density at radius 1 is 1.50 bits per heavy atom. The predicted molar refractivity (Wildman–Crippen MR) is 70.8 cm³/mol. The van der Waals surface area contributed by atoms with E-state index < -0.39 is 0 Å². The SMILES string of the molecule is COC(=O)Cc1nc2cccc(Cl)c2n1C(C)C. The molecule has 0 amide bonds. The Bertz CT molecular complexity index is 590. The third kappa shape index (κ3) is 2.20. The molecule has 5 heteroatoms. The number of benzene rings is 1. The molecule has 0 atom stereocenters. The highest BCUT2D eigenvalue weighted by Crippen LogP contribution is 2.27. The number of para-hydroxylation sites is 1. The summed E-state index contributed by atoms with van der Waals surface area (Å²) in [6, 6.07) is 5.74. The van der Waals surface area contributed by atoms with E-state index in [0.29, 0.717) is 10.8 Å². The van der Waals surface area contributed by atoms with Gasteiger partial charge in [0.05, 0.1) is 23.2 Å². The fourth-order valence-electron chi connectivity index (χ4n) is 2.04. The van der Waals surface area contributed by atoms with Crippen LogP contribution >= 0.6 is 11.6 Å². The van der Waals surface area contributed by atoms with E-state index in [1.807, 2.05) is 36.6 Å². The van der Waals surface area contributed by atoms with Crippen LogP contribution in [-0.2, 0) is 16.0 Å². The van der Waals surface area contributed by atoms with Gasteiger partial charge in [-0.15, -0.1) is 0 Å². The molecule has 18 heavy (non-hydrogen) atoms. The van der Waals surface area contributed by atoms with Crippen LogP contribution in [0.5, 0.6) is 0 Å². The van der Waals surface area contributed by atoms with E-state index in [0.717, 1.165) is 11.0 Å². The van der Waals surface area contributed by atoms with Gasteiger partial charge in [0.1, 0.15) is 12.2 Å². The van der Waals surface area contributed by atoms with Gasteiger partial charge in [0.2, 0.25) is 0 Å². The second-order valence-electron chi connectivity index (χ2n) is 4.35. The zero-order valence-electron chi connectivity index (χ0n) is 10.6. The van der Waals surface area contributed by atoms with E-state index in [-0.39, 0.29) is 18.4 Å². The van der Waals surface area contributed by atoms with Crippen molar-refractivity contribution in [3.63, 3.8) is 0 Å². The van der Waals surface area contributed by atoms with Gasteiger partial charge in [-0.25, -0.2) is 4.98 Å². The van der Waals surface area contributed by atoms with Crippen LogP contribution < -0.4 is 0 Å². The maximum absolute atomic E-state index is 11.4. The minimum atomic E-state index is -0.302. The van der Waals surface area contributed by atoms with Gasteiger partial charge in [-0.1, -0.05) is 17.7 Å². The number of carbonyl (C=O) groups excluding carboxylic acids is 1. The molecule has 0 aliphatic rings. The molecule has 2 aromatic rings. The van der Waals surface area contributed by atoms with E-state index in [2.05, 4.69) is 9.72 Å². The molecule has 1 heterocycles. The Labute approximate surface area is 111 Å². The number of fused-ring (bicyclic) bond motifs is 1. The van der Waals surface area contributed by atoms with Gasteiger partial charge in [0.25, 0.3) is 0 Å². The number of imidazole rings is 1. The van der Waals surface area contributed by atoms with Crippen LogP contribution in [0.2, 0.25) is 5.02 Å². The Balaban J connectivity index is 2.62. The summed E-state index contributed by atoms with van der Waals surface area (Å²) in [4.78, 5) is 15.9. The van der Waals surface area contributed by atoms with Crippen LogP contribution in [0.4, 0.5) is 0 Å². The van der Waals surface area contributed by atoms with Crippen molar-refractivity contribution in [3.05, 3.63) is 29.0 Å². The third-order valence-corrected chi connectivity index (χ3v) is 3.09. The van der Waals surface area contributed by atoms with Crippen molar-refractivity contribution in [2.45, 2.75) is 26.3 Å². The second-order valence-corrected chi connectivity index (χ2v) is 4.76. The molecule has 0 saturated heterocycles. The lowest BCUT2D eigenvalue weighted by Gasteiger charge is -2.13. The summed E-state index contributed by atoms with van der Waals surface area (Å²) in [6.45, 7) is 4.07. The number of carbonyl (C=O) groups is 1. The maximum Gasteiger partial charge on any atom is 0.313 e. The first-order valence-corrected chi connectivity index (χ1v) is 6.14. The van der Waals surface area contributed by atoms with Crippen molar-refractivity contribution in [2.24, 2.45) is 0 Å². The zero-order chi connectivity index (χ0) is 13.3. The largest absolute Gasteiger partial charge is 0.469 e. The second kappa shape index (κ2) is 4.98. The molecule has 1 aromatic carbocycles. The lowest BCUT2D eigenvalue weighted by Crippen LogP contribution is -2.12. The third-order valence-electron chi connectivity index (χ3n) is 2.78. The van der Waals surface area contributed by atoms with E-state index in [9.17, 15) is 4.79 Å². The first-order valence-electron chi connectivity index (χ1n) is 5.76. The van der Waals surface area contributed by atoms with Crippen LogP contribution in [0.15, 0.2) is 18.2 Å². The van der Waals surface area contributed by atoms with Gasteiger partial charge in [-0.3, -0.25) is 4.79 Å². The fourth-order valence-corrected chi connectivity index (χ4v) is 2.30. The van der Waals surface area contributed by atoms with Gasteiger partial charge >= 0.3 is 5.97 Å². The Morgan fingerprint density at radius 2 is 2.22 bits per heavy atom. The topological polar surface area (TPSA) is 44.1 Å². The maximum atomic E-state index is 11.4. The molecule has 0 aliphatic heterocycles. The lowest BCUT2D eigenvalue weighted by molar-refractivity contribution is -0.139. The molecular formula is C13H15ClN2O2. The van der Waals surface area contributed by atoms with Gasteiger partial charge in [0, 0.05) is 6.04 Å². The zero-order valence-corrected chi connectivity index (χ0v) is 11.4. The summed E-state index contributed by atoms with van der Waals surface area (Å²) in [7, 11) is 1.37. The minimum Gasteiger partial charge on any atom is -0.469 e. The van der Waals surface area contributed by atoms with Crippen molar-refractivity contribution in [1.82, 2.24) is 9.55 Å². The first-order chi connectivity index (χ1) is 8.54. The number of esters is 1.